The van der Waals surface area contributed by atoms with Crippen LogP contribution < -0.4 is 5.73 Å². The number of nitrogens with two attached hydrogens (primary N) is 1. The molecule has 0 heterocycles. The van der Waals surface area contributed by atoms with Crippen molar-refractivity contribution in [3.63, 3.8) is 0 Å². The van der Waals surface area contributed by atoms with E-state index >= 15 is 0 Å². The van der Waals surface area contributed by atoms with Crippen LogP contribution in [-0.4, -0.2) is 16.8 Å². The van der Waals surface area contributed by atoms with E-state index in [-0.39, 0.29) is 17.7 Å². The van der Waals surface area contributed by atoms with Gasteiger partial charge in [-0.05, 0) is 17.7 Å². The van der Waals surface area contributed by atoms with Crippen LogP contribution in [0, 0.1) is 5.92 Å². The summed E-state index contributed by atoms with van der Waals surface area (Å²) in [5.41, 5.74) is 8.09. The van der Waals surface area contributed by atoms with Crippen LogP contribution in [0.1, 0.15) is 35.8 Å². The molecule has 0 aromatic heterocycles. The predicted octanol–water partition coefficient (Wildman–Crippen LogP) is 2.64. The van der Waals surface area contributed by atoms with Gasteiger partial charge in [0.1, 0.15) is 4.75 Å². The number of fused-ring (bicyclic) bond motifs is 1. The molecule has 1 aromatic rings. The molecule has 2 N–H and O–H groups in total. The lowest BCUT2D eigenvalue weighted by atomic mass is 9.87. The molecule has 2 atom stereocenters. The Hall–Kier alpha value is -0.800. The molecule has 0 saturated carbocycles. The minimum absolute atomic E-state index is 0.189. The standard InChI is InChI=1S/C13H17NOS/c1-8(2)13(16-3)11(14)9-6-4-5-7-10(9)12(13)15/h4-8,11H,14H2,1-3H3/t11-,13?/m1/s1. The Morgan fingerprint density at radius 3 is 2.50 bits per heavy atom. The molecule has 86 valence electrons. The van der Waals surface area contributed by atoms with Gasteiger partial charge in [-0.3, -0.25) is 4.79 Å². The molecule has 3 heteroatoms. The van der Waals surface area contributed by atoms with E-state index in [1.165, 1.54) is 0 Å². The molecular weight excluding hydrogens is 218 g/mol. The fourth-order valence-corrected chi connectivity index (χ4v) is 3.78. The van der Waals surface area contributed by atoms with Crippen LogP contribution in [0.15, 0.2) is 24.3 Å². The summed E-state index contributed by atoms with van der Waals surface area (Å²) in [7, 11) is 0. The van der Waals surface area contributed by atoms with Crippen molar-refractivity contribution < 1.29 is 4.79 Å². The molecule has 0 radical (unpaired) electrons. The summed E-state index contributed by atoms with van der Waals surface area (Å²) in [5, 5.41) is 0. The molecule has 0 spiro atoms. The van der Waals surface area contributed by atoms with E-state index in [1.54, 1.807) is 11.8 Å². The molecule has 1 aromatic carbocycles. The molecule has 0 aliphatic heterocycles. The van der Waals surface area contributed by atoms with Crippen LogP contribution in [-0.2, 0) is 0 Å². The van der Waals surface area contributed by atoms with Gasteiger partial charge in [0.15, 0.2) is 5.78 Å². The normalized spacial score (nSPS) is 28.6. The maximum atomic E-state index is 12.5. The Kier molecular flexibility index (Phi) is 2.84. The van der Waals surface area contributed by atoms with Crippen LogP contribution in [0.4, 0.5) is 0 Å². The van der Waals surface area contributed by atoms with Crippen molar-refractivity contribution in [1.29, 1.82) is 0 Å². The lowest BCUT2D eigenvalue weighted by molar-refractivity contribution is 0.0920. The zero-order valence-corrected chi connectivity index (χ0v) is 10.7. The molecule has 0 saturated heterocycles. The monoisotopic (exact) mass is 235 g/mol. The lowest BCUT2D eigenvalue weighted by Gasteiger charge is -2.34. The summed E-state index contributed by atoms with van der Waals surface area (Å²) in [6, 6.07) is 7.52. The van der Waals surface area contributed by atoms with Crippen LogP contribution in [0.3, 0.4) is 0 Å². The number of carbonyl (C=O) groups excluding carboxylic acids is 1. The van der Waals surface area contributed by atoms with Gasteiger partial charge < -0.3 is 5.73 Å². The van der Waals surface area contributed by atoms with Crippen molar-refractivity contribution in [1.82, 2.24) is 0 Å². The molecule has 0 fully saturated rings. The molecular formula is C13H17NOS. The first-order valence-electron chi connectivity index (χ1n) is 5.50. The summed E-state index contributed by atoms with van der Waals surface area (Å²) in [6.07, 6.45) is 1.98. The van der Waals surface area contributed by atoms with E-state index in [2.05, 4.69) is 13.8 Å². The second-order valence-electron chi connectivity index (χ2n) is 4.55. The van der Waals surface area contributed by atoms with Crippen molar-refractivity contribution in [2.45, 2.75) is 24.6 Å². The third-order valence-corrected chi connectivity index (χ3v) is 5.14. The van der Waals surface area contributed by atoms with E-state index in [9.17, 15) is 4.79 Å². The molecule has 1 aliphatic carbocycles. The fourth-order valence-electron chi connectivity index (χ4n) is 2.63. The SMILES string of the molecule is CSC1(C(C)C)C(=O)c2ccccc2[C@H]1N. The second kappa shape index (κ2) is 3.90. The second-order valence-corrected chi connectivity index (χ2v) is 5.63. The Balaban J connectivity index is 2.60. The van der Waals surface area contributed by atoms with E-state index in [1.807, 2.05) is 30.5 Å². The van der Waals surface area contributed by atoms with Gasteiger partial charge in [0.2, 0.25) is 0 Å². The number of ketones is 1. The number of benzene rings is 1. The maximum absolute atomic E-state index is 12.5. The number of hydrogen-bond donors (Lipinski definition) is 1. The van der Waals surface area contributed by atoms with Crippen LogP contribution >= 0.6 is 11.8 Å². The molecule has 16 heavy (non-hydrogen) atoms. The van der Waals surface area contributed by atoms with Gasteiger partial charge in [0.05, 0.1) is 6.04 Å². The third kappa shape index (κ3) is 1.28. The van der Waals surface area contributed by atoms with Crippen molar-refractivity contribution in [2.75, 3.05) is 6.26 Å². The van der Waals surface area contributed by atoms with E-state index < -0.39 is 4.75 Å². The van der Waals surface area contributed by atoms with Gasteiger partial charge in [-0.2, -0.15) is 0 Å². The predicted molar refractivity (Wildman–Crippen MR) is 68.8 cm³/mol. The number of rotatable bonds is 2. The van der Waals surface area contributed by atoms with Crippen LogP contribution in [0.25, 0.3) is 0 Å². The zero-order chi connectivity index (χ0) is 11.9. The molecule has 2 nitrogen and oxygen atoms in total. The highest BCUT2D eigenvalue weighted by atomic mass is 32.2. The smallest absolute Gasteiger partial charge is 0.181 e. The van der Waals surface area contributed by atoms with Gasteiger partial charge in [-0.25, -0.2) is 0 Å². The summed E-state index contributed by atoms with van der Waals surface area (Å²) < 4.78 is -0.482. The zero-order valence-electron chi connectivity index (χ0n) is 9.86. The highest BCUT2D eigenvalue weighted by molar-refractivity contribution is 8.00. The van der Waals surface area contributed by atoms with E-state index in [0.29, 0.717) is 0 Å². The maximum Gasteiger partial charge on any atom is 0.181 e. The van der Waals surface area contributed by atoms with Gasteiger partial charge in [0, 0.05) is 5.56 Å². The number of thioether (sulfide) groups is 1. The van der Waals surface area contributed by atoms with Gasteiger partial charge in [-0.1, -0.05) is 38.1 Å². The Bertz CT molecular complexity index is 430. The fraction of sp³-hybridized carbons (Fsp3) is 0.462. The number of hydrogen-bond acceptors (Lipinski definition) is 3. The molecule has 0 bridgehead atoms. The van der Waals surface area contributed by atoms with Gasteiger partial charge in [-0.15, -0.1) is 11.8 Å². The Morgan fingerprint density at radius 2 is 2.00 bits per heavy atom. The number of Topliss-reactive ketones (excluding diaryl/α,β-unsaturated/α-hetero) is 1. The van der Waals surface area contributed by atoms with Gasteiger partial charge >= 0.3 is 0 Å². The quantitative estimate of drug-likeness (QED) is 0.857. The number of carbonyl (C=O) groups is 1. The lowest BCUT2D eigenvalue weighted by Crippen LogP contribution is -2.44. The average Bonchev–Trinajstić information content (AvgIpc) is 2.50. The molecule has 1 unspecified atom stereocenters. The summed E-state index contributed by atoms with van der Waals surface area (Å²) in [5.74, 6) is 0.426. The molecule has 2 rings (SSSR count). The van der Waals surface area contributed by atoms with E-state index in [4.69, 9.17) is 5.73 Å². The highest BCUT2D eigenvalue weighted by Crippen LogP contribution is 2.49. The van der Waals surface area contributed by atoms with E-state index in [0.717, 1.165) is 11.1 Å². The largest absolute Gasteiger partial charge is 0.322 e. The summed E-state index contributed by atoms with van der Waals surface area (Å²) in [6.45, 7) is 4.14. The van der Waals surface area contributed by atoms with Crippen molar-refractivity contribution in [3.05, 3.63) is 35.4 Å². The summed E-state index contributed by atoms with van der Waals surface area (Å²) in [4.78, 5) is 12.5. The topological polar surface area (TPSA) is 43.1 Å². The van der Waals surface area contributed by atoms with Crippen molar-refractivity contribution in [3.8, 4) is 0 Å². The third-order valence-electron chi connectivity index (χ3n) is 3.55. The highest BCUT2D eigenvalue weighted by Gasteiger charge is 2.52. The Labute approximate surface area is 101 Å². The van der Waals surface area contributed by atoms with Gasteiger partial charge in [0.25, 0.3) is 0 Å². The van der Waals surface area contributed by atoms with Crippen molar-refractivity contribution in [2.24, 2.45) is 11.7 Å². The minimum atomic E-state index is -0.482. The average molecular weight is 235 g/mol. The minimum Gasteiger partial charge on any atom is -0.322 e. The van der Waals surface area contributed by atoms with Crippen LogP contribution in [0.5, 0.6) is 0 Å². The first kappa shape index (κ1) is 11.7. The van der Waals surface area contributed by atoms with Crippen molar-refractivity contribution >= 4 is 17.5 Å². The first-order chi connectivity index (χ1) is 7.55. The molecule has 1 aliphatic rings. The Morgan fingerprint density at radius 1 is 1.38 bits per heavy atom. The first-order valence-corrected chi connectivity index (χ1v) is 6.72. The van der Waals surface area contributed by atoms with Crippen LogP contribution in [0.2, 0.25) is 0 Å². The summed E-state index contributed by atoms with van der Waals surface area (Å²) >= 11 is 1.59. The molecule has 0 amide bonds.